The highest BCUT2D eigenvalue weighted by Gasteiger charge is 2.35. The van der Waals surface area contributed by atoms with Crippen LogP contribution in [0.1, 0.15) is 30.0 Å². The first-order valence-electron chi connectivity index (χ1n) is 8.14. The molecule has 2 atom stereocenters. The van der Waals surface area contributed by atoms with Crippen LogP contribution in [-0.2, 0) is 4.74 Å². The largest absolute Gasteiger partial charge is 0.497 e. The molecule has 0 N–H and O–H groups in total. The third-order valence-corrected chi connectivity index (χ3v) is 4.73. The average Bonchev–Trinajstić information content (AvgIpc) is 3.05. The number of nitrogens with zero attached hydrogens (tertiary/aromatic N) is 1. The minimum Gasteiger partial charge on any atom is -0.497 e. The van der Waals surface area contributed by atoms with E-state index in [1.165, 1.54) is 16.7 Å². The van der Waals surface area contributed by atoms with E-state index in [0.717, 1.165) is 25.2 Å². The number of allylic oxidation sites excluding steroid dienone is 1. The first-order valence-corrected chi connectivity index (χ1v) is 8.14. The molecule has 2 aliphatic heterocycles. The molecule has 0 aromatic heterocycles. The molecule has 1 fully saturated rings. The van der Waals surface area contributed by atoms with Gasteiger partial charge in [-0.05, 0) is 41.7 Å². The Hall–Kier alpha value is -2.26. The number of methoxy groups -OCH3 is 1. The zero-order valence-electron chi connectivity index (χ0n) is 13.3. The molecule has 0 radical (unpaired) electrons. The van der Waals surface area contributed by atoms with Crippen molar-refractivity contribution >= 4 is 5.57 Å². The zero-order valence-corrected chi connectivity index (χ0v) is 13.3. The summed E-state index contributed by atoms with van der Waals surface area (Å²) in [7, 11) is 1.71. The lowest BCUT2D eigenvalue weighted by Crippen LogP contribution is -2.30. The lowest BCUT2D eigenvalue weighted by molar-refractivity contribution is 0.0441. The van der Waals surface area contributed by atoms with Crippen LogP contribution in [0.2, 0.25) is 0 Å². The third-order valence-electron chi connectivity index (χ3n) is 4.73. The fourth-order valence-electron chi connectivity index (χ4n) is 3.49. The summed E-state index contributed by atoms with van der Waals surface area (Å²) < 4.78 is 11.4. The Morgan fingerprint density at radius 3 is 2.78 bits per heavy atom. The molecule has 0 aliphatic carbocycles. The molecule has 2 heterocycles. The molecule has 2 aliphatic rings. The van der Waals surface area contributed by atoms with Crippen molar-refractivity contribution in [3.05, 3.63) is 71.9 Å². The minimum atomic E-state index is 0.203. The summed E-state index contributed by atoms with van der Waals surface area (Å²) in [6.45, 7) is 0.760. The summed E-state index contributed by atoms with van der Waals surface area (Å²) in [5, 5.41) is 0. The van der Waals surface area contributed by atoms with Gasteiger partial charge in [0, 0.05) is 6.20 Å². The Morgan fingerprint density at radius 1 is 1.09 bits per heavy atom. The Morgan fingerprint density at radius 2 is 1.96 bits per heavy atom. The van der Waals surface area contributed by atoms with Crippen LogP contribution >= 0.6 is 0 Å². The summed E-state index contributed by atoms with van der Waals surface area (Å²) in [6, 6.07) is 19.2. The van der Waals surface area contributed by atoms with E-state index in [2.05, 4.69) is 59.6 Å². The maximum absolute atomic E-state index is 6.01. The number of hydrogen-bond donors (Lipinski definition) is 0. The molecule has 0 saturated carbocycles. The molecule has 0 unspecified atom stereocenters. The molecular formula is C20H21NO2. The first-order chi connectivity index (χ1) is 11.3. The molecule has 0 amide bonds. The second-order valence-electron chi connectivity index (χ2n) is 6.09. The van der Waals surface area contributed by atoms with Crippen LogP contribution in [0.3, 0.4) is 0 Å². The molecule has 3 nitrogen and oxygen atoms in total. The van der Waals surface area contributed by atoms with Gasteiger partial charge >= 0.3 is 0 Å². The van der Waals surface area contributed by atoms with Gasteiger partial charge in [-0.25, -0.2) is 0 Å². The van der Waals surface area contributed by atoms with Crippen molar-refractivity contribution in [2.24, 2.45) is 0 Å². The molecule has 2 aromatic rings. The quantitative estimate of drug-likeness (QED) is 0.847. The van der Waals surface area contributed by atoms with Gasteiger partial charge in [0.2, 0.25) is 0 Å². The van der Waals surface area contributed by atoms with Crippen molar-refractivity contribution in [1.29, 1.82) is 0 Å². The van der Waals surface area contributed by atoms with Gasteiger partial charge in [0.05, 0.1) is 19.8 Å². The Bertz CT molecular complexity index is 711. The van der Waals surface area contributed by atoms with Crippen molar-refractivity contribution in [2.45, 2.75) is 25.1 Å². The van der Waals surface area contributed by atoms with Gasteiger partial charge in [-0.15, -0.1) is 0 Å². The SMILES string of the molecule is COc1cccc(C2=CN3[C@H](CC2)OC[C@H]3c2ccccc2)c1. The van der Waals surface area contributed by atoms with E-state index < -0.39 is 0 Å². The summed E-state index contributed by atoms with van der Waals surface area (Å²) in [5.41, 5.74) is 3.91. The number of rotatable bonds is 3. The van der Waals surface area contributed by atoms with Crippen LogP contribution in [0, 0.1) is 0 Å². The van der Waals surface area contributed by atoms with Crippen molar-refractivity contribution < 1.29 is 9.47 Å². The Balaban J connectivity index is 1.65. The van der Waals surface area contributed by atoms with Gasteiger partial charge in [-0.2, -0.15) is 0 Å². The normalized spacial score (nSPS) is 23.3. The van der Waals surface area contributed by atoms with E-state index in [9.17, 15) is 0 Å². The van der Waals surface area contributed by atoms with Crippen LogP contribution in [-0.4, -0.2) is 24.8 Å². The summed E-state index contributed by atoms with van der Waals surface area (Å²) in [4.78, 5) is 2.38. The van der Waals surface area contributed by atoms with E-state index in [1.807, 2.05) is 6.07 Å². The van der Waals surface area contributed by atoms with Crippen LogP contribution in [0.4, 0.5) is 0 Å². The van der Waals surface area contributed by atoms with Crippen molar-refractivity contribution in [1.82, 2.24) is 4.90 Å². The highest BCUT2D eigenvalue weighted by Crippen LogP contribution is 2.39. The summed E-state index contributed by atoms with van der Waals surface area (Å²) in [6.07, 6.45) is 4.56. The predicted molar refractivity (Wildman–Crippen MR) is 91.0 cm³/mol. The van der Waals surface area contributed by atoms with Crippen LogP contribution in [0.15, 0.2) is 60.8 Å². The highest BCUT2D eigenvalue weighted by atomic mass is 16.5. The van der Waals surface area contributed by atoms with Gasteiger partial charge in [-0.3, -0.25) is 0 Å². The van der Waals surface area contributed by atoms with E-state index in [1.54, 1.807) is 7.11 Å². The monoisotopic (exact) mass is 307 g/mol. The van der Waals surface area contributed by atoms with Gasteiger partial charge in [0.1, 0.15) is 12.0 Å². The van der Waals surface area contributed by atoms with E-state index in [4.69, 9.17) is 9.47 Å². The molecular weight excluding hydrogens is 286 g/mol. The smallest absolute Gasteiger partial charge is 0.130 e. The second kappa shape index (κ2) is 6.09. The lowest BCUT2D eigenvalue weighted by atomic mass is 9.97. The number of ether oxygens (including phenoxy) is 2. The van der Waals surface area contributed by atoms with Gasteiger partial charge in [0.25, 0.3) is 0 Å². The molecule has 0 bridgehead atoms. The van der Waals surface area contributed by atoms with E-state index in [0.29, 0.717) is 6.04 Å². The van der Waals surface area contributed by atoms with Crippen LogP contribution in [0.5, 0.6) is 5.75 Å². The second-order valence-corrected chi connectivity index (χ2v) is 6.09. The number of fused-ring (bicyclic) bond motifs is 1. The average molecular weight is 307 g/mol. The van der Waals surface area contributed by atoms with Crippen molar-refractivity contribution in [3.8, 4) is 5.75 Å². The van der Waals surface area contributed by atoms with Crippen molar-refractivity contribution in [3.63, 3.8) is 0 Å². The molecule has 118 valence electrons. The van der Waals surface area contributed by atoms with Crippen molar-refractivity contribution in [2.75, 3.05) is 13.7 Å². The maximum Gasteiger partial charge on any atom is 0.130 e. The fraction of sp³-hybridized carbons (Fsp3) is 0.300. The third kappa shape index (κ3) is 2.73. The number of hydrogen-bond acceptors (Lipinski definition) is 3. The lowest BCUT2D eigenvalue weighted by Gasteiger charge is -2.32. The standard InChI is InChI=1S/C20H21NO2/c1-22-18-9-5-8-16(12-18)17-10-11-20-21(13-17)19(14-23-20)15-6-3-2-4-7-15/h2-9,12-13,19-20H,10-11,14H2,1H3/t19-,20-/m0/s1. The van der Waals surface area contributed by atoms with Gasteiger partial charge in [0.15, 0.2) is 0 Å². The Kier molecular flexibility index (Phi) is 3.80. The Labute approximate surface area is 137 Å². The summed E-state index contributed by atoms with van der Waals surface area (Å²) >= 11 is 0. The molecule has 23 heavy (non-hydrogen) atoms. The molecule has 3 heteroatoms. The highest BCUT2D eigenvalue weighted by molar-refractivity contribution is 5.67. The first kappa shape index (κ1) is 14.3. The number of benzene rings is 2. The molecule has 4 rings (SSSR count). The van der Waals surface area contributed by atoms with Crippen LogP contribution in [0.25, 0.3) is 5.57 Å². The molecule has 2 aromatic carbocycles. The van der Waals surface area contributed by atoms with E-state index in [-0.39, 0.29) is 6.23 Å². The predicted octanol–water partition coefficient (Wildman–Crippen LogP) is 4.23. The zero-order chi connectivity index (χ0) is 15.6. The maximum atomic E-state index is 6.01. The molecule has 0 spiro atoms. The van der Waals surface area contributed by atoms with Gasteiger partial charge in [-0.1, -0.05) is 42.5 Å². The van der Waals surface area contributed by atoms with Crippen LogP contribution < -0.4 is 4.74 Å². The minimum absolute atomic E-state index is 0.203. The van der Waals surface area contributed by atoms with E-state index >= 15 is 0 Å². The molecule has 1 saturated heterocycles. The fourth-order valence-corrected chi connectivity index (χ4v) is 3.49. The summed E-state index contributed by atoms with van der Waals surface area (Å²) in [5.74, 6) is 0.905. The van der Waals surface area contributed by atoms with Gasteiger partial charge < -0.3 is 14.4 Å². The topological polar surface area (TPSA) is 21.7 Å².